The molecule has 0 fully saturated rings. The molecule has 0 saturated carbocycles. The zero-order valence-corrected chi connectivity index (χ0v) is 18.3. The molecule has 1 aliphatic heterocycles. The SMILES string of the molecule is CC(C)(C)c1ccc(C(=O)Nc2nnc(CCN3C(=O)c4ccccc4C3=O)s2)cc1. The highest BCUT2D eigenvalue weighted by molar-refractivity contribution is 7.15. The van der Waals surface area contributed by atoms with Gasteiger partial charge < -0.3 is 0 Å². The molecule has 0 saturated heterocycles. The number of benzene rings is 2. The fraction of sp³-hybridized carbons (Fsp3) is 0.261. The van der Waals surface area contributed by atoms with E-state index in [1.54, 1.807) is 36.4 Å². The molecule has 0 aliphatic carbocycles. The molecule has 31 heavy (non-hydrogen) atoms. The van der Waals surface area contributed by atoms with Crippen LogP contribution in [0.5, 0.6) is 0 Å². The second-order valence-electron chi connectivity index (χ2n) is 8.34. The van der Waals surface area contributed by atoms with Crippen molar-refractivity contribution in [2.75, 3.05) is 11.9 Å². The molecule has 0 atom stereocenters. The first-order valence-corrected chi connectivity index (χ1v) is 10.8. The summed E-state index contributed by atoms with van der Waals surface area (Å²) in [6.07, 6.45) is 0.374. The summed E-state index contributed by atoms with van der Waals surface area (Å²) in [4.78, 5) is 38.6. The number of anilines is 1. The van der Waals surface area contributed by atoms with Crippen LogP contribution in [0.1, 0.15) is 62.4 Å². The maximum absolute atomic E-state index is 12.5. The molecule has 0 bridgehead atoms. The molecule has 2 aromatic carbocycles. The number of hydrogen-bond acceptors (Lipinski definition) is 6. The van der Waals surface area contributed by atoms with Crippen LogP contribution in [-0.2, 0) is 11.8 Å². The van der Waals surface area contributed by atoms with Gasteiger partial charge in [0, 0.05) is 18.5 Å². The van der Waals surface area contributed by atoms with Gasteiger partial charge in [0.25, 0.3) is 17.7 Å². The minimum atomic E-state index is -0.294. The summed E-state index contributed by atoms with van der Waals surface area (Å²) >= 11 is 1.23. The Morgan fingerprint density at radius 1 is 0.968 bits per heavy atom. The van der Waals surface area contributed by atoms with Crippen LogP contribution >= 0.6 is 11.3 Å². The smallest absolute Gasteiger partial charge is 0.261 e. The molecule has 7 nitrogen and oxygen atoms in total. The fourth-order valence-electron chi connectivity index (χ4n) is 3.35. The van der Waals surface area contributed by atoms with Crippen LogP contribution in [0.15, 0.2) is 48.5 Å². The number of aromatic nitrogens is 2. The van der Waals surface area contributed by atoms with Gasteiger partial charge >= 0.3 is 0 Å². The number of rotatable bonds is 5. The van der Waals surface area contributed by atoms with E-state index < -0.39 is 0 Å². The molecule has 0 spiro atoms. The summed E-state index contributed by atoms with van der Waals surface area (Å²) < 4.78 is 0. The summed E-state index contributed by atoms with van der Waals surface area (Å²) in [6.45, 7) is 6.57. The number of nitrogens with one attached hydrogen (secondary N) is 1. The minimum Gasteiger partial charge on any atom is -0.296 e. The highest BCUT2D eigenvalue weighted by Gasteiger charge is 2.34. The first-order chi connectivity index (χ1) is 14.7. The molecule has 1 aliphatic rings. The number of hydrogen-bond donors (Lipinski definition) is 1. The van der Waals surface area contributed by atoms with Gasteiger partial charge in [-0.25, -0.2) is 0 Å². The zero-order chi connectivity index (χ0) is 22.2. The third-order valence-electron chi connectivity index (χ3n) is 5.13. The average molecular weight is 435 g/mol. The van der Waals surface area contributed by atoms with E-state index in [0.29, 0.717) is 33.3 Å². The largest absolute Gasteiger partial charge is 0.296 e. The van der Waals surface area contributed by atoms with Crippen LogP contribution in [0, 0.1) is 0 Å². The fourth-order valence-corrected chi connectivity index (χ4v) is 4.07. The number of carbonyl (C=O) groups excluding carboxylic acids is 3. The molecule has 0 unspecified atom stereocenters. The normalized spacial score (nSPS) is 13.5. The number of nitrogens with zero attached hydrogens (tertiary/aromatic N) is 3. The third-order valence-corrected chi connectivity index (χ3v) is 6.03. The number of amides is 3. The van der Waals surface area contributed by atoms with Gasteiger partial charge in [-0.1, -0.05) is 56.4 Å². The van der Waals surface area contributed by atoms with Gasteiger partial charge in [0.15, 0.2) is 0 Å². The van der Waals surface area contributed by atoms with Crippen LogP contribution in [0.2, 0.25) is 0 Å². The second kappa shape index (κ2) is 8.03. The summed E-state index contributed by atoms with van der Waals surface area (Å²) in [5, 5.41) is 11.8. The summed E-state index contributed by atoms with van der Waals surface area (Å²) in [5.41, 5.74) is 2.55. The lowest BCUT2D eigenvalue weighted by atomic mass is 9.87. The maximum Gasteiger partial charge on any atom is 0.261 e. The Kier molecular flexibility index (Phi) is 5.41. The van der Waals surface area contributed by atoms with Crippen molar-refractivity contribution in [1.82, 2.24) is 15.1 Å². The van der Waals surface area contributed by atoms with Crippen molar-refractivity contribution in [2.45, 2.75) is 32.6 Å². The van der Waals surface area contributed by atoms with E-state index in [2.05, 4.69) is 36.3 Å². The van der Waals surface area contributed by atoms with E-state index in [1.165, 1.54) is 16.2 Å². The molecule has 3 amide bonds. The van der Waals surface area contributed by atoms with Crippen LogP contribution in [0.3, 0.4) is 0 Å². The predicted octanol–water partition coefficient (Wildman–Crippen LogP) is 3.93. The highest BCUT2D eigenvalue weighted by Crippen LogP contribution is 2.25. The number of carbonyl (C=O) groups is 3. The third kappa shape index (κ3) is 4.25. The van der Waals surface area contributed by atoms with Gasteiger partial charge in [-0.3, -0.25) is 24.6 Å². The van der Waals surface area contributed by atoms with E-state index in [1.807, 2.05) is 12.1 Å². The standard InChI is InChI=1S/C23H22N4O3S/c1-23(2,3)15-10-8-14(9-11-15)19(28)24-22-26-25-18(31-22)12-13-27-20(29)16-6-4-5-7-17(16)21(27)30/h4-11H,12-13H2,1-3H3,(H,24,26,28). The van der Waals surface area contributed by atoms with Crippen LogP contribution < -0.4 is 5.32 Å². The summed E-state index contributed by atoms with van der Waals surface area (Å²) in [6, 6.07) is 14.3. The number of fused-ring (bicyclic) bond motifs is 1. The van der Waals surface area contributed by atoms with E-state index in [9.17, 15) is 14.4 Å². The Hall–Kier alpha value is -3.39. The van der Waals surface area contributed by atoms with E-state index >= 15 is 0 Å². The van der Waals surface area contributed by atoms with Crippen molar-refractivity contribution in [3.05, 3.63) is 75.8 Å². The first-order valence-electron chi connectivity index (χ1n) is 9.93. The lowest BCUT2D eigenvalue weighted by molar-refractivity contribution is 0.0655. The topological polar surface area (TPSA) is 92.3 Å². The van der Waals surface area contributed by atoms with E-state index in [4.69, 9.17) is 0 Å². The molecular weight excluding hydrogens is 412 g/mol. The molecule has 2 heterocycles. The maximum atomic E-state index is 12.5. The molecular formula is C23H22N4O3S. The Bertz CT molecular complexity index is 1130. The van der Waals surface area contributed by atoms with Gasteiger partial charge in [0.05, 0.1) is 11.1 Å². The minimum absolute atomic E-state index is 0.0165. The lowest BCUT2D eigenvalue weighted by Crippen LogP contribution is -2.31. The van der Waals surface area contributed by atoms with Crippen molar-refractivity contribution in [3.63, 3.8) is 0 Å². The molecule has 0 radical (unpaired) electrons. The average Bonchev–Trinajstić information content (AvgIpc) is 3.29. The molecule has 1 N–H and O–H groups in total. The Morgan fingerprint density at radius 3 is 2.16 bits per heavy atom. The molecule has 8 heteroatoms. The van der Waals surface area contributed by atoms with Crippen molar-refractivity contribution < 1.29 is 14.4 Å². The van der Waals surface area contributed by atoms with Crippen molar-refractivity contribution in [2.24, 2.45) is 0 Å². The van der Waals surface area contributed by atoms with Gasteiger partial charge in [0.1, 0.15) is 5.01 Å². The van der Waals surface area contributed by atoms with Crippen LogP contribution in [0.25, 0.3) is 0 Å². The molecule has 4 rings (SSSR count). The number of imide groups is 1. The molecule has 3 aromatic rings. The second-order valence-corrected chi connectivity index (χ2v) is 9.40. The Labute approximate surface area is 184 Å². The van der Waals surface area contributed by atoms with Gasteiger partial charge in [-0.05, 0) is 35.2 Å². The van der Waals surface area contributed by atoms with E-state index in [-0.39, 0.29) is 29.7 Å². The van der Waals surface area contributed by atoms with Crippen molar-refractivity contribution in [3.8, 4) is 0 Å². The predicted molar refractivity (Wildman–Crippen MR) is 119 cm³/mol. The highest BCUT2D eigenvalue weighted by atomic mass is 32.1. The van der Waals surface area contributed by atoms with Gasteiger partial charge in [0.2, 0.25) is 5.13 Å². The van der Waals surface area contributed by atoms with Crippen LogP contribution in [0.4, 0.5) is 5.13 Å². The van der Waals surface area contributed by atoms with E-state index in [0.717, 1.165) is 5.56 Å². The summed E-state index contributed by atoms with van der Waals surface area (Å²) in [7, 11) is 0. The van der Waals surface area contributed by atoms with Crippen molar-refractivity contribution >= 4 is 34.2 Å². The summed E-state index contributed by atoms with van der Waals surface area (Å²) in [5.74, 6) is -0.849. The lowest BCUT2D eigenvalue weighted by Gasteiger charge is -2.18. The van der Waals surface area contributed by atoms with Crippen molar-refractivity contribution in [1.29, 1.82) is 0 Å². The quantitative estimate of drug-likeness (QED) is 0.615. The molecule has 158 valence electrons. The Morgan fingerprint density at radius 2 is 1.58 bits per heavy atom. The molecule has 1 aromatic heterocycles. The Balaban J connectivity index is 1.36. The van der Waals surface area contributed by atoms with Gasteiger partial charge in [-0.2, -0.15) is 0 Å². The van der Waals surface area contributed by atoms with Gasteiger partial charge in [-0.15, -0.1) is 10.2 Å². The monoisotopic (exact) mass is 434 g/mol. The zero-order valence-electron chi connectivity index (χ0n) is 17.5. The van der Waals surface area contributed by atoms with Crippen LogP contribution in [-0.4, -0.2) is 39.4 Å². The first kappa shape index (κ1) is 20.9.